The van der Waals surface area contributed by atoms with Crippen LogP contribution in [0.3, 0.4) is 0 Å². The summed E-state index contributed by atoms with van der Waals surface area (Å²) < 4.78 is 27.4. The molecule has 2 aromatic heterocycles. The molecule has 0 aliphatic heterocycles. The number of rotatable bonds is 7. The second-order valence-corrected chi connectivity index (χ2v) is 8.88. The average Bonchev–Trinajstić information content (AvgIpc) is 3.20. The highest BCUT2D eigenvalue weighted by Crippen LogP contribution is 2.23. The first-order valence-electron chi connectivity index (χ1n) is 9.33. The predicted octanol–water partition coefficient (Wildman–Crippen LogP) is 2.35. The molecule has 4 rings (SSSR count). The molecule has 2 aromatic carbocycles. The number of nitro groups is 1. The fourth-order valence-corrected chi connectivity index (χ4v) is 4.57. The fourth-order valence-electron chi connectivity index (χ4n) is 3.25. The predicted molar refractivity (Wildman–Crippen MR) is 113 cm³/mol. The van der Waals surface area contributed by atoms with Crippen LogP contribution in [-0.2, 0) is 16.4 Å². The lowest BCUT2D eigenvalue weighted by atomic mass is 10.2. The summed E-state index contributed by atoms with van der Waals surface area (Å²) in [6, 6.07) is 14.2. The van der Waals surface area contributed by atoms with E-state index < -0.39 is 20.3 Å². The maximum absolute atomic E-state index is 12.8. The molecular formula is C20H17N5O5S. The summed E-state index contributed by atoms with van der Waals surface area (Å²) in [6.07, 6.45) is 2.83. The molecule has 2 heterocycles. The van der Waals surface area contributed by atoms with E-state index in [4.69, 9.17) is 0 Å². The average molecular weight is 439 g/mol. The summed E-state index contributed by atoms with van der Waals surface area (Å²) in [7, 11) is -3.45. The monoisotopic (exact) mass is 439 g/mol. The van der Waals surface area contributed by atoms with Crippen LogP contribution in [0.2, 0.25) is 0 Å². The highest BCUT2D eigenvalue weighted by atomic mass is 32.2. The summed E-state index contributed by atoms with van der Waals surface area (Å²) in [6.45, 7) is 0.157. The Hall–Kier alpha value is -3.86. The molecule has 0 spiro atoms. The number of aryl methyl sites for hydroxylation is 1. The highest BCUT2D eigenvalue weighted by molar-refractivity contribution is 7.91. The van der Waals surface area contributed by atoms with E-state index in [0.29, 0.717) is 0 Å². The first kappa shape index (κ1) is 20.4. The minimum atomic E-state index is -3.45. The molecule has 31 heavy (non-hydrogen) atoms. The maximum atomic E-state index is 12.8. The Morgan fingerprint density at radius 2 is 1.74 bits per heavy atom. The Balaban J connectivity index is 1.59. The van der Waals surface area contributed by atoms with Crippen molar-refractivity contribution in [2.24, 2.45) is 0 Å². The Kier molecular flexibility index (Phi) is 5.34. The Morgan fingerprint density at radius 1 is 1.03 bits per heavy atom. The fraction of sp³-hybridized carbons (Fsp3) is 0.150. The van der Waals surface area contributed by atoms with Gasteiger partial charge < -0.3 is 0 Å². The van der Waals surface area contributed by atoms with E-state index in [1.165, 1.54) is 52.1 Å². The van der Waals surface area contributed by atoms with Crippen LogP contribution in [0, 0.1) is 10.1 Å². The largest absolute Gasteiger partial charge is 0.299 e. The summed E-state index contributed by atoms with van der Waals surface area (Å²) in [5.74, 6) is -0.114. The molecule has 0 N–H and O–H groups in total. The zero-order chi connectivity index (χ0) is 22.0. The van der Waals surface area contributed by atoms with Gasteiger partial charge in [-0.25, -0.2) is 18.1 Å². The first-order chi connectivity index (χ1) is 14.9. The summed E-state index contributed by atoms with van der Waals surface area (Å²) in [5, 5.41) is 15.6. The number of para-hydroxylation sites is 2. The van der Waals surface area contributed by atoms with Crippen LogP contribution in [0.15, 0.2) is 76.8 Å². The molecule has 0 radical (unpaired) electrons. The molecule has 0 unspecified atom stereocenters. The van der Waals surface area contributed by atoms with Gasteiger partial charge >= 0.3 is 0 Å². The van der Waals surface area contributed by atoms with Crippen molar-refractivity contribution >= 4 is 26.6 Å². The molecule has 0 saturated carbocycles. The summed E-state index contributed by atoms with van der Waals surface area (Å²) in [4.78, 5) is 28.1. The van der Waals surface area contributed by atoms with Gasteiger partial charge in [-0.3, -0.25) is 19.5 Å². The van der Waals surface area contributed by atoms with Gasteiger partial charge in [-0.15, -0.1) is 0 Å². The number of sulfone groups is 1. The minimum absolute atomic E-state index is 0.114. The SMILES string of the molecule is O=c1c2cnn(-c3ccccc3[N+](=O)[O-])c2ncn1CCCS(=O)(=O)c1ccccc1. The van der Waals surface area contributed by atoms with Gasteiger partial charge in [0.25, 0.3) is 11.2 Å². The molecule has 0 saturated heterocycles. The number of hydrogen-bond donors (Lipinski definition) is 0. The Labute approximate surface area is 176 Å². The van der Waals surface area contributed by atoms with Crippen LogP contribution in [0.4, 0.5) is 5.69 Å². The van der Waals surface area contributed by atoms with E-state index in [9.17, 15) is 23.3 Å². The van der Waals surface area contributed by atoms with Crippen LogP contribution in [0.25, 0.3) is 16.7 Å². The molecule has 0 fully saturated rings. The standard InChI is InChI=1S/C20H17N5O5S/c26-20-16-13-22-24(17-9-4-5-10-18(17)25(27)28)19(16)21-14-23(20)11-6-12-31(29,30)15-7-2-1-3-8-15/h1-5,7-10,13-14H,6,11-12H2. The van der Waals surface area contributed by atoms with Gasteiger partial charge in [0.15, 0.2) is 15.5 Å². The molecule has 11 heteroatoms. The van der Waals surface area contributed by atoms with E-state index in [0.717, 1.165) is 0 Å². The van der Waals surface area contributed by atoms with Gasteiger partial charge in [0, 0.05) is 12.6 Å². The number of hydrogen-bond acceptors (Lipinski definition) is 7. The molecule has 10 nitrogen and oxygen atoms in total. The van der Waals surface area contributed by atoms with Crippen molar-refractivity contribution in [2.75, 3.05) is 5.75 Å². The third-order valence-corrected chi connectivity index (χ3v) is 6.59. The highest BCUT2D eigenvalue weighted by Gasteiger charge is 2.19. The zero-order valence-corrected chi connectivity index (χ0v) is 17.0. The van der Waals surface area contributed by atoms with Crippen LogP contribution < -0.4 is 5.56 Å². The smallest absolute Gasteiger partial charge is 0.294 e. The van der Waals surface area contributed by atoms with E-state index in [-0.39, 0.29) is 46.0 Å². The molecule has 0 aliphatic rings. The van der Waals surface area contributed by atoms with E-state index in [1.54, 1.807) is 24.3 Å². The van der Waals surface area contributed by atoms with Crippen LogP contribution in [0.1, 0.15) is 6.42 Å². The quantitative estimate of drug-likeness (QED) is 0.319. The van der Waals surface area contributed by atoms with Crippen molar-refractivity contribution in [3.05, 3.63) is 87.6 Å². The molecule has 0 bridgehead atoms. The van der Waals surface area contributed by atoms with Gasteiger partial charge in [-0.1, -0.05) is 30.3 Å². The topological polar surface area (TPSA) is 130 Å². The Bertz CT molecular complexity index is 1430. The van der Waals surface area contributed by atoms with Crippen molar-refractivity contribution in [3.8, 4) is 5.69 Å². The van der Waals surface area contributed by atoms with Crippen molar-refractivity contribution in [1.82, 2.24) is 19.3 Å². The Morgan fingerprint density at radius 3 is 2.48 bits per heavy atom. The lowest BCUT2D eigenvalue weighted by Gasteiger charge is -2.07. The molecule has 0 amide bonds. The van der Waals surface area contributed by atoms with Gasteiger partial charge in [-0.2, -0.15) is 5.10 Å². The van der Waals surface area contributed by atoms with Gasteiger partial charge in [0.2, 0.25) is 0 Å². The first-order valence-corrected chi connectivity index (χ1v) is 11.0. The lowest BCUT2D eigenvalue weighted by molar-refractivity contribution is -0.384. The second-order valence-electron chi connectivity index (χ2n) is 6.77. The van der Waals surface area contributed by atoms with Crippen LogP contribution in [-0.4, -0.2) is 38.4 Å². The number of benzene rings is 2. The molecule has 158 valence electrons. The normalized spacial score (nSPS) is 11.6. The van der Waals surface area contributed by atoms with Gasteiger partial charge in [0.1, 0.15) is 11.1 Å². The molecular weight excluding hydrogens is 422 g/mol. The summed E-state index contributed by atoms with van der Waals surface area (Å²) >= 11 is 0. The van der Waals surface area contributed by atoms with Crippen molar-refractivity contribution in [1.29, 1.82) is 0 Å². The minimum Gasteiger partial charge on any atom is -0.299 e. The van der Waals surface area contributed by atoms with Crippen molar-refractivity contribution in [2.45, 2.75) is 17.9 Å². The third-order valence-electron chi connectivity index (χ3n) is 4.78. The zero-order valence-electron chi connectivity index (χ0n) is 16.2. The number of nitrogens with zero attached hydrogens (tertiary/aromatic N) is 5. The maximum Gasteiger partial charge on any atom is 0.294 e. The third kappa shape index (κ3) is 3.94. The molecule has 0 aliphatic carbocycles. The lowest BCUT2D eigenvalue weighted by Crippen LogP contribution is -2.22. The van der Waals surface area contributed by atoms with Crippen LogP contribution in [0.5, 0.6) is 0 Å². The van der Waals surface area contributed by atoms with Crippen molar-refractivity contribution in [3.63, 3.8) is 0 Å². The molecule has 4 aromatic rings. The van der Waals surface area contributed by atoms with Gasteiger partial charge in [-0.05, 0) is 24.6 Å². The summed E-state index contributed by atoms with van der Waals surface area (Å²) in [5.41, 5.74) is -0.176. The second kappa shape index (κ2) is 8.11. The number of nitro benzene ring substituents is 1. The van der Waals surface area contributed by atoms with E-state index in [2.05, 4.69) is 10.1 Å². The van der Waals surface area contributed by atoms with Gasteiger partial charge in [0.05, 0.1) is 28.1 Å². The number of fused-ring (bicyclic) bond motifs is 1. The number of aromatic nitrogens is 4. The van der Waals surface area contributed by atoms with Crippen molar-refractivity contribution < 1.29 is 13.3 Å². The van der Waals surface area contributed by atoms with E-state index in [1.807, 2.05) is 0 Å². The molecule has 0 atom stereocenters. The van der Waals surface area contributed by atoms with Crippen LogP contribution >= 0.6 is 0 Å². The van der Waals surface area contributed by atoms with E-state index >= 15 is 0 Å².